The van der Waals surface area contributed by atoms with Crippen molar-refractivity contribution in [2.24, 2.45) is 0 Å². The third kappa shape index (κ3) is 4.73. The number of nitrogens with zero attached hydrogens (tertiary/aromatic N) is 3. The second kappa shape index (κ2) is 8.50. The molecule has 0 spiro atoms. The quantitative estimate of drug-likeness (QED) is 0.754. The standard InChI is InChI=1S/C17H25N3O5S/c1-4-25-17(22)20-11-9-19(10-12-20)16(21)13-18(3)26(23,24)15-7-5-14(2)6-8-15/h5-8H,4,9-13H2,1-3H3. The third-order valence-corrected chi connectivity index (χ3v) is 6.06. The first kappa shape index (κ1) is 20.2. The molecule has 0 N–H and O–H groups in total. The van der Waals surface area contributed by atoms with Crippen LogP contribution in [0, 0.1) is 6.92 Å². The van der Waals surface area contributed by atoms with E-state index in [2.05, 4.69) is 0 Å². The number of aryl methyl sites for hydroxylation is 1. The van der Waals surface area contributed by atoms with Gasteiger partial charge in [0.15, 0.2) is 0 Å². The fraction of sp³-hybridized carbons (Fsp3) is 0.529. The summed E-state index contributed by atoms with van der Waals surface area (Å²) in [5.74, 6) is -0.285. The van der Waals surface area contributed by atoms with E-state index >= 15 is 0 Å². The van der Waals surface area contributed by atoms with Crippen LogP contribution in [-0.4, -0.2) is 80.9 Å². The molecular weight excluding hydrogens is 358 g/mol. The monoisotopic (exact) mass is 383 g/mol. The predicted molar refractivity (Wildman–Crippen MR) is 96.2 cm³/mol. The number of sulfonamides is 1. The normalized spacial score (nSPS) is 15.2. The fourth-order valence-electron chi connectivity index (χ4n) is 2.62. The highest BCUT2D eigenvalue weighted by atomic mass is 32.2. The van der Waals surface area contributed by atoms with Crippen molar-refractivity contribution >= 4 is 22.0 Å². The van der Waals surface area contributed by atoms with Crippen molar-refractivity contribution in [3.05, 3.63) is 29.8 Å². The number of carbonyl (C=O) groups is 2. The van der Waals surface area contributed by atoms with Gasteiger partial charge in [-0.05, 0) is 26.0 Å². The Hall–Kier alpha value is -2.13. The van der Waals surface area contributed by atoms with Crippen LogP contribution < -0.4 is 0 Å². The van der Waals surface area contributed by atoms with Gasteiger partial charge >= 0.3 is 6.09 Å². The average Bonchev–Trinajstić information content (AvgIpc) is 2.62. The molecule has 9 heteroatoms. The van der Waals surface area contributed by atoms with E-state index < -0.39 is 16.1 Å². The number of likely N-dealkylation sites (N-methyl/N-ethyl adjacent to an activating group) is 1. The fourth-order valence-corrected chi connectivity index (χ4v) is 3.74. The Bertz CT molecular complexity index is 740. The van der Waals surface area contributed by atoms with Gasteiger partial charge in [-0.2, -0.15) is 4.31 Å². The van der Waals surface area contributed by atoms with E-state index in [4.69, 9.17) is 4.74 Å². The number of benzene rings is 1. The summed E-state index contributed by atoms with van der Waals surface area (Å²) in [6.07, 6.45) is -0.390. The van der Waals surface area contributed by atoms with Crippen molar-refractivity contribution in [2.45, 2.75) is 18.7 Å². The molecule has 1 aromatic rings. The third-order valence-electron chi connectivity index (χ3n) is 4.25. The molecule has 26 heavy (non-hydrogen) atoms. The Kier molecular flexibility index (Phi) is 6.60. The molecule has 2 rings (SSSR count). The first-order chi connectivity index (χ1) is 12.3. The summed E-state index contributed by atoms with van der Waals surface area (Å²) in [6, 6.07) is 6.50. The van der Waals surface area contributed by atoms with E-state index in [9.17, 15) is 18.0 Å². The smallest absolute Gasteiger partial charge is 0.409 e. The first-order valence-electron chi connectivity index (χ1n) is 8.48. The zero-order chi connectivity index (χ0) is 19.3. The van der Waals surface area contributed by atoms with Crippen molar-refractivity contribution in [3.8, 4) is 0 Å². The molecule has 0 saturated carbocycles. The molecular formula is C17H25N3O5S. The van der Waals surface area contributed by atoms with Crippen LogP contribution in [0.4, 0.5) is 4.79 Å². The number of hydrogen-bond acceptors (Lipinski definition) is 5. The molecule has 0 radical (unpaired) electrons. The summed E-state index contributed by atoms with van der Waals surface area (Å²) in [7, 11) is -2.33. The minimum Gasteiger partial charge on any atom is -0.450 e. The van der Waals surface area contributed by atoms with Crippen LogP contribution in [0.2, 0.25) is 0 Å². The Morgan fingerprint density at radius 2 is 1.62 bits per heavy atom. The van der Waals surface area contributed by atoms with Gasteiger partial charge in [-0.25, -0.2) is 13.2 Å². The second-order valence-electron chi connectivity index (χ2n) is 6.14. The topological polar surface area (TPSA) is 87.2 Å². The molecule has 0 unspecified atom stereocenters. The number of piperazine rings is 1. The Morgan fingerprint density at radius 3 is 2.15 bits per heavy atom. The van der Waals surface area contributed by atoms with Crippen LogP contribution in [0.3, 0.4) is 0 Å². The number of ether oxygens (including phenoxy) is 1. The average molecular weight is 383 g/mol. The van der Waals surface area contributed by atoms with Gasteiger partial charge in [0.25, 0.3) is 0 Å². The van der Waals surface area contributed by atoms with Crippen LogP contribution >= 0.6 is 0 Å². The van der Waals surface area contributed by atoms with Crippen molar-refractivity contribution in [3.63, 3.8) is 0 Å². The lowest BCUT2D eigenvalue weighted by Gasteiger charge is -2.34. The Morgan fingerprint density at radius 1 is 1.08 bits per heavy atom. The van der Waals surface area contributed by atoms with Crippen molar-refractivity contribution in [1.29, 1.82) is 0 Å². The zero-order valence-electron chi connectivity index (χ0n) is 15.3. The van der Waals surface area contributed by atoms with Gasteiger partial charge in [0.05, 0.1) is 18.0 Å². The van der Waals surface area contributed by atoms with Gasteiger partial charge in [0, 0.05) is 33.2 Å². The molecule has 0 bridgehead atoms. The Balaban J connectivity index is 1.93. The number of hydrogen-bond donors (Lipinski definition) is 0. The molecule has 1 fully saturated rings. The van der Waals surface area contributed by atoms with Crippen molar-refractivity contribution in [2.75, 3.05) is 46.4 Å². The molecule has 1 aliphatic heterocycles. The highest BCUT2D eigenvalue weighted by Gasteiger charge is 2.28. The second-order valence-corrected chi connectivity index (χ2v) is 8.19. The zero-order valence-corrected chi connectivity index (χ0v) is 16.2. The minimum atomic E-state index is -3.72. The molecule has 1 aromatic carbocycles. The summed E-state index contributed by atoms with van der Waals surface area (Å²) >= 11 is 0. The SMILES string of the molecule is CCOC(=O)N1CCN(C(=O)CN(C)S(=O)(=O)c2ccc(C)cc2)CC1. The molecule has 0 atom stereocenters. The van der Waals surface area contributed by atoms with Crippen LogP contribution in [0.15, 0.2) is 29.2 Å². The summed E-state index contributed by atoms with van der Waals surface area (Å²) in [6.45, 7) is 5.14. The van der Waals surface area contributed by atoms with Crippen molar-refractivity contribution < 1.29 is 22.7 Å². The summed E-state index contributed by atoms with van der Waals surface area (Å²) in [5.41, 5.74) is 0.960. The van der Waals surface area contributed by atoms with Gasteiger partial charge in [-0.1, -0.05) is 17.7 Å². The number of carbonyl (C=O) groups excluding carboxylic acids is 2. The largest absolute Gasteiger partial charge is 0.450 e. The van der Waals surface area contributed by atoms with Crippen LogP contribution in [0.25, 0.3) is 0 Å². The molecule has 0 aliphatic carbocycles. The van der Waals surface area contributed by atoms with E-state index in [0.717, 1.165) is 9.87 Å². The molecule has 1 aliphatic rings. The summed E-state index contributed by atoms with van der Waals surface area (Å²) < 4.78 is 31.1. The molecule has 1 heterocycles. The van der Waals surface area contributed by atoms with Gasteiger partial charge in [-0.3, -0.25) is 4.79 Å². The lowest BCUT2D eigenvalue weighted by Crippen LogP contribution is -2.52. The van der Waals surface area contributed by atoms with E-state index in [1.54, 1.807) is 28.9 Å². The summed E-state index contributed by atoms with van der Waals surface area (Å²) in [4.78, 5) is 27.4. The van der Waals surface area contributed by atoms with Gasteiger partial charge in [0.2, 0.25) is 15.9 Å². The van der Waals surface area contributed by atoms with E-state index in [-0.39, 0.29) is 17.3 Å². The lowest BCUT2D eigenvalue weighted by molar-refractivity contribution is -0.132. The van der Waals surface area contributed by atoms with Gasteiger partial charge in [-0.15, -0.1) is 0 Å². The summed E-state index contributed by atoms with van der Waals surface area (Å²) in [5, 5.41) is 0. The minimum absolute atomic E-state index is 0.158. The molecule has 8 nitrogen and oxygen atoms in total. The predicted octanol–water partition coefficient (Wildman–Crippen LogP) is 0.916. The first-order valence-corrected chi connectivity index (χ1v) is 9.92. The molecule has 144 valence electrons. The maximum absolute atomic E-state index is 12.6. The van der Waals surface area contributed by atoms with Gasteiger partial charge in [0.1, 0.15) is 0 Å². The highest BCUT2D eigenvalue weighted by Crippen LogP contribution is 2.15. The molecule has 1 saturated heterocycles. The maximum Gasteiger partial charge on any atom is 0.409 e. The number of amides is 2. The van der Waals surface area contributed by atoms with Crippen molar-refractivity contribution in [1.82, 2.24) is 14.1 Å². The lowest BCUT2D eigenvalue weighted by atomic mass is 10.2. The maximum atomic E-state index is 12.6. The Labute approximate surface area is 154 Å². The number of rotatable bonds is 5. The van der Waals surface area contributed by atoms with Crippen LogP contribution in [0.1, 0.15) is 12.5 Å². The van der Waals surface area contributed by atoms with Crippen LogP contribution in [-0.2, 0) is 19.6 Å². The van der Waals surface area contributed by atoms with Gasteiger partial charge < -0.3 is 14.5 Å². The van der Waals surface area contributed by atoms with E-state index in [0.29, 0.717) is 32.8 Å². The highest BCUT2D eigenvalue weighted by molar-refractivity contribution is 7.89. The van der Waals surface area contributed by atoms with E-state index in [1.807, 2.05) is 6.92 Å². The molecule has 2 amide bonds. The van der Waals surface area contributed by atoms with Crippen LogP contribution in [0.5, 0.6) is 0 Å². The van der Waals surface area contributed by atoms with E-state index in [1.165, 1.54) is 19.2 Å². The molecule has 0 aromatic heterocycles.